The van der Waals surface area contributed by atoms with Crippen LogP contribution in [-0.2, 0) is 0 Å². The van der Waals surface area contributed by atoms with Crippen LogP contribution in [-0.4, -0.2) is 14.4 Å². The summed E-state index contributed by atoms with van der Waals surface area (Å²) in [6, 6.07) is 5.92. The standard InChI is InChI=1S/C13H10FN7/c14-10-2-1-9(5-8(10)6-15)18-12-13-17-3-4-21(13)7-11(19-12)20-16/h1-5,7,20H,16H2,(H,18,19). The van der Waals surface area contributed by atoms with E-state index in [-0.39, 0.29) is 5.56 Å². The van der Waals surface area contributed by atoms with Gasteiger partial charge in [0.25, 0.3) is 0 Å². The van der Waals surface area contributed by atoms with E-state index in [1.807, 2.05) is 0 Å². The first-order chi connectivity index (χ1) is 10.2. The van der Waals surface area contributed by atoms with Crippen LogP contribution in [0.4, 0.5) is 21.7 Å². The van der Waals surface area contributed by atoms with Crippen molar-refractivity contribution in [1.82, 2.24) is 14.4 Å². The summed E-state index contributed by atoms with van der Waals surface area (Å²) < 4.78 is 15.1. The van der Waals surface area contributed by atoms with Crippen molar-refractivity contribution < 1.29 is 4.39 Å². The van der Waals surface area contributed by atoms with Crippen LogP contribution in [0.3, 0.4) is 0 Å². The largest absolute Gasteiger partial charge is 0.337 e. The summed E-state index contributed by atoms with van der Waals surface area (Å²) in [6.07, 6.45) is 5.04. The molecule has 0 aliphatic heterocycles. The van der Waals surface area contributed by atoms with E-state index in [9.17, 15) is 4.39 Å². The molecule has 0 aliphatic rings. The average Bonchev–Trinajstić information content (AvgIpc) is 2.97. The summed E-state index contributed by atoms with van der Waals surface area (Å²) >= 11 is 0. The number of hydrogen-bond donors (Lipinski definition) is 3. The molecule has 0 saturated carbocycles. The molecule has 2 heterocycles. The summed E-state index contributed by atoms with van der Waals surface area (Å²) in [7, 11) is 0. The highest BCUT2D eigenvalue weighted by atomic mass is 19.1. The zero-order valence-corrected chi connectivity index (χ0v) is 10.7. The number of halogens is 1. The van der Waals surface area contributed by atoms with Gasteiger partial charge >= 0.3 is 0 Å². The Balaban J connectivity index is 2.05. The fourth-order valence-electron chi connectivity index (χ4n) is 1.91. The van der Waals surface area contributed by atoms with Gasteiger partial charge in [0.15, 0.2) is 17.3 Å². The summed E-state index contributed by atoms with van der Waals surface area (Å²) in [4.78, 5) is 8.44. The van der Waals surface area contributed by atoms with Crippen LogP contribution < -0.4 is 16.6 Å². The van der Waals surface area contributed by atoms with Crippen LogP contribution in [0.25, 0.3) is 5.65 Å². The Morgan fingerprint density at radius 2 is 2.24 bits per heavy atom. The second-order valence-corrected chi connectivity index (χ2v) is 4.21. The van der Waals surface area contributed by atoms with Crippen LogP contribution in [0.5, 0.6) is 0 Å². The molecule has 0 radical (unpaired) electrons. The van der Waals surface area contributed by atoms with Gasteiger partial charge < -0.3 is 15.1 Å². The lowest BCUT2D eigenvalue weighted by Gasteiger charge is -2.09. The smallest absolute Gasteiger partial charge is 0.180 e. The Bertz CT molecular complexity index is 849. The molecule has 2 aromatic heterocycles. The molecule has 0 atom stereocenters. The predicted octanol–water partition coefficient (Wildman–Crippen LogP) is 1.77. The van der Waals surface area contributed by atoms with Crippen molar-refractivity contribution in [3.8, 4) is 6.07 Å². The van der Waals surface area contributed by atoms with Gasteiger partial charge in [0, 0.05) is 18.1 Å². The van der Waals surface area contributed by atoms with E-state index >= 15 is 0 Å². The molecule has 3 rings (SSSR count). The van der Waals surface area contributed by atoms with E-state index in [2.05, 4.69) is 20.7 Å². The maximum atomic E-state index is 13.3. The summed E-state index contributed by atoms with van der Waals surface area (Å²) in [5.41, 5.74) is 3.51. The molecule has 3 aromatic rings. The SMILES string of the molecule is N#Cc1cc(Nc2nc(NN)cn3ccnc23)ccc1F. The quantitative estimate of drug-likeness (QED) is 0.500. The number of rotatable bonds is 3. The minimum absolute atomic E-state index is 0.0486. The van der Waals surface area contributed by atoms with Crippen LogP contribution >= 0.6 is 0 Å². The number of hydrogen-bond acceptors (Lipinski definition) is 6. The number of nitrogen functional groups attached to an aromatic ring is 1. The zero-order chi connectivity index (χ0) is 14.8. The molecular weight excluding hydrogens is 273 g/mol. The number of benzene rings is 1. The van der Waals surface area contributed by atoms with Crippen LogP contribution in [0.1, 0.15) is 5.56 Å². The van der Waals surface area contributed by atoms with Gasteiger partial charge in [-0.15, -0.1) is 0 Å². The Morgan fingerprint density at radius 3 is 3.00 bits per heavy atom. The van der Waals surface area contributed by atoms with E-state index in [1.54, 1.807) is 29.1 Å². The van der Waals surface area contributed by atoms with Crippen molar-refractivity contribution in [3.63, 3.8) is 0 Å². The molecule has 0 spiro atoms. The molecule has 104 valence electrons. The Labute approximate surface area is 118 Å². The van der Waals surface area contributed by atoms with Crippen molar-refractivity contribution in [1.29, 1.82) is 5.26 Å². The molecule has 1 aromatic carbocycles. The topological polar surface area (TPSA) is 104 Å². The number of nitrogens with zero attached hydrogens (tertiary/aromatic N) is 4. The van der Waals surface area contributed by atoms with E-state index in [0.29, 0.717) is 23.0 Å². The highest BCUT2D eigenvalue weighted by Crippen LogP contribution is 2.22. The number of imidazole rings is 1. The molecule has 4 N–H and O–H groups in total. The third-order valence-electron chi connectivity index (χ3n) is 2.87. The Kier molecular flexibility index (Phi) is 3.10. The van der Waals surface area contributed by atoms with Gasteiger partial charge in [-0.2, -0.15) is 5.26 Å². The van der Waals surface area contributed by atoms with Gasteiger partial charge in [0.05, 0.1) is 11.8 Å². The lowest BCUT2D eigenvalue weighted by atomic mass is 10.2. The van der Waals surface area contributed by atoms with E-state index in [1.165, 1.54) is 18.2 Å². The number of anilines is 3. The lowest BCUT2D eigenvalue weighted by molar-refractivity contribution is 0.624. The van der Waals surface area contributed by atoms with E-state index in [0.717, 1.165) is 0 Å². The Morgan fingerprint density at radius 1 is 1.38 bits per heavy atom. The molecule has 0 bridgehead atoms. The van der Waals surface area contributed by atoms with Gasteiger partial charge in [-0.3, -0.25) is 0 Å². The summed E-state index contributed by atoms with van der Waals surface area (Å²) in [5, 5.41) is 11.9. The van der Waals surface area contributed by atoms with E-state index in [4.69, 9.17) is 11.1 Å². The fourth-order valence-corrected chi connectivity index (χ4v) is 1.91. The first kappa shape index (κ1) is 12.8. The molecule has 0 amide bonds. The van der Waals surface area contributed by atoms with Crippen LogP contribution in [0, 0.1) is 17.1 Å². The van der Waals surface area contributed by atoms with Crippen LogP contribution in [0.2, 0.25) is 0 Å². The molecule has 0 unspecified atom stereocenters. The first-order valence-corrected chi connectivity index (χ1v) is 5.98. The van der Waals surface area contributed by atoms with Crippen molar-refractivity contribution in [2.75, 3.05) is 10.7 Å². The normalized spacial score (nSPS) is 10.3. The van der Waals surface area contributed by atoms with Crippen molar-refractivity contribution in [2.24, 2.45) is 5.84 Å². The number of nitrogens with one attached hydrogen (secondary N) is 2. The van der Waals surface area contributed by atoms with Gasteiger partial charge in [0.1, 0.15) is 11.9 Å². The number of hydrazine groups is 1. The van der Waals surface area contributed by atoms with Gasteiger partial charge in [0.2, 0.25) is 0 Å². The van der Waals surface area contributed by atoms with Crippen LogP contribution in [0.15, 0.2) is 36.8 Å². The highest BCUT2D eigenvalue weighted by Gasteiger charge is 2.09. The van der Waals surface area contributed by atoms with Crippen molar-refractivity contribution in [3.05, 3.63) is 48.2 Å². The highest BCUT2D eigenvalue weighted by molar-refractivity contribution is 5.72. The number of fused-ring (bicyclic) bond motifs is 1. The minimum Gasteiger partial charge on any atom is -0.337 e. The molecule has 21 heavy (non-hydrogen) atoms. The van der Waals surface area contributed by atoms with Crippen molar-refractivity contribution >= 4 is 23.0 Å². The molecule has 0 saturated heterocycles. The second-order valence-electron chi connectivity index (χ2n) is 4.21. The minimum atomic E-state index is -0.570. The maximum absolute atomic E-state index is 13.3. The molecule has 7 nitrogen and oxygen atoms in total. The summed E-state index contributed by atoms with van der Waals surface area (Å²) in [5.74, 6) is 5.67. The number of nitrogens with two attached hydrogens (primary N) is 1. The summed E-state index contributed by atoms with van der Waals surface area (Å²) in [6.45, 7) is 0. The monoisotopic (exact) mass is 283 g/mol. The third-order valence-corrected chi connectivity index (χ3v) is 2.87. The van der Waals surface area contributed by atoms with Crippen molar-refractivity contribution in [2.45, 2.75) is 0 Å². The second kappa shape index (κ2) is 5.07. The average molecular weight is 283 g/mol. The predicted molar refractivity (Wildman–Crippen MR) is 75.2 cm³/mol. The molecule has 0 aliphatic carbocycles. The Hall–Kier alpha value is -3.18. The third kappa shape index (κ3) is 2.33. The zero-order valence-electron chi connectivity index (χ0n) is 10.7. The first-order valence-electron chi connectivity index (χ1n) is 5.98. The van der Waals surface area contributed by atoms with Gasteiger partial charge in [-0.25, -0.2) is 20.2 Å². The maximum Gasteiger partial charge on any atom is 0.180 e. The molecule has 8 heteroatoms. The lowest BCUT2D eigenvalue weighted by Crippen LogP contribution is -2.11. The van der Waals surface area contributed by atoms with E-state index < -0.39 is 5.82 Å². The van der Waals surface area contributed by atoms with Gasteiger partial charge in [-0.1, -0.05) is 0 Å². The molecule has 0 fully saturated rings. The fraction of sp³-hybridized carbons (Fsp3) is 0. The molecular formula is C13H10FN7. The number of nitriles is 1. The van der Waals surface area contributed by atoms with Gasteiger partial charge in [-0.05, 0) is 18.2 Å². The number of aromatic nitrogens is 3.